The summed E-state index contributed by atoms with van der Waals surface area (Å²) in [4.78, 5) is 28.6. The second kappa shape index (κ2) is 7.43. The molecule has 0 unspecified atom stereocenters. The molecule has 0 radical (unpaired) electrons. The molecule has 1 fully saturated rings. The summed E-state index contributed by atoms with van der Waals surface area (Å²) in [5.41, 5.74) is 0.927. The van der Waals surface area contributed by atoms with Crippen molar-refractivity contribution in [1.29, 1.82) is 0 Å². The Kier molecular flexibility index (Phi) is 5.58. The first-order valence-corrected chi connectivity index (χ1v) is 8.20. The number of rotatable bonds is 6. The molecule has 1 heterocycles. The predicted molar refractivity (Wildman–Crippen MR) is 88.7 cm³/mol. The van der Waals surface area contributed by atoms with Gasteiger partial charge >= 0.3 is 0 Å². The molecule has 1 aromatic carbocycles. The van der Waals surface area contributed by atoms with Crippen molar-refractivity contribution in [1.82, 2.24) is 4.90 Å². The van der Waals surface area contributed by atoms with Crippen LogP contribution in [0.15, 0.2) is 30.3 Å². The maximum atomic E-state index is 12.9. The normalized spacial score (nSPS) is 18.1. The van der Waals surface area contributed by atoms with Crippen LogP contribution in [0.1, 0.15) is 40.0 Å². The second-order valence-corrected chi connectivity index (χ2v) is 6.22. The van der Waals surface area contributed by atoms with Crippen molar-refractivity contribution in [2.24, 2.45) is 5.92 Å². The van der Waals surface area contributed by atoms with E-state index in [-0.39, 0.29) is 23.8 Å². The van der Waals surface area contributed by atoms with Gasteiger partial charge in [0.15, 0.2) is 0 Å². The van der Waals surface area contributed by atoms with Gasteiger partial charge in [-0.25, -0.2) is 0 Å². The zero-order valence-electron chi connectivity index (χ0n) is 13.8. The van der Waals surface area contributed by atoms with Crippen molar-refractivity contribution in [2.45, 2.75) is 46.1 Å². The van der Waals surface area contributed by atoms with E-state index in [1.807, 2.05) is 54.0 Å². The van der Waals surface area contributed by atoms with E-state index >= 15 is 0 Å². The molecular formula is C18H26N2O2. The molecule has 4 nitrogen and oxygen atoms in total. The first kappa shape index (κ1) is 16.5. The van der Waals surface area contributed by atoms with Crippen LogP contribution in [-0.2, 0) is 9.59 Å². The minimum absolute atomic E-state index is 0.0798. The van der Waals surface area contributed by atoms with Gasteiger partial charge in [-0.1, -0.05) is 31.5 Å². The number of amides is 2. The largest absolute Gasteiger partial charge is 0.339 e. The number of likely N-dealkylation sites (tertiary alicyclic amines) is 1. The molecule has 0 aliphatic carbocycles. The van der Waals surface area contributed by atoms with Gasteiger partial charge in [0.2, 0.25) is 11.8 Å². The van der Waals surface area contributed by atoms with Crippen molar-refractivity contribution in [2.75, 3.05) is 18.0 Å². The van der Waals surface area contributed by atoms with E-state index in [4.69, 9.17) is 0 Å². The number of unbranched alkanes of at least 4 members (excludes halogenated alkanes) is 1. The van der Waals surface area contributed by atoms with Crippen LogP contribution in [0.5, 0.6) is 0 Å². The van der Waals surface area contributed by atoms with E-state index in [2.05, 4.69) is 6.92 Å². The minimum atomic E-state index is -0.216. The van der Waals surface area contributed by atoms with Gasteiger partial charge in [0, 0.05) is 31.2 Å². The lowest BCUT2D eigenvalue weighted by atomic mass is 10.1. The molecule has 0 aromatic heterocycles. The van der Waals surface area contributed by atoms with Gasteiger partial charge in [-0.15, -0.1) is 0 Å². The van der Waals surface area contributed by atoms with Gasteiger partial charge in [-0.2, -0.15) is 0 Å². The fraction of sp³-hybridized carbons (Fsp3) is 0.556. The Morgan fingerprint density at radius 3 is 2.55 bits per heavy atom. The molecule has 4 heteroatoms. The van der Waals surface area contributed by atoms with Gasteiger partial charge in [0.05, 0.1) is 5.92 Å². The van der Waals surface area contributed by atoms with E-state index in [1.165, 1.54) is 0 Å². The molecule has 1 aliphatic heterocycles. The lowest BCUT2D eigenvalue weighted by Crippen LogP contribution is -2.39. The molecule has 0 N–H and O–H groups in total. The Morgan fingerprint density at radius 1 is 1.32 bits per heavy atom. The topological polar surface area (TPSA) is 40.6 Å². The van der Waals surface area contributed by atoms with Gasteiger partial charge in [-0.05, 0) is 32.4 Å². The Hall–Kier alpha value is -1.84. The third-order valence-electron chi connectivity index (χ3n) is 4.20. The number of hydrogen-bond acceptors (Lipinski definition) is 2. The van der Waals surface area contributed by atoms with Gasteiger partial charge < -0.3 is 9.80 Å². The average Bonchev–Trinajstić information content (AvgIpc) is 2.91. The molecular weight excluding hydrogens is 276 g/mol. The quantitative estimate of drug-likeness (QED) is 0.810. The lowest BCUT2D eigenvalue weighted by molar-refractivity contribution is -0.129. The molecule has 0 spiro atoms. The number of carbonyl (C=O) groups excluding carboxylic acids is 2. The molecule has 2 rings (SSSR count). The molecule has 1 atom stereocenters. The summed E-state index contributed by atoms with van der Waals surface area (Å²) >= 11 is 0. The second-order valence-electron chi connectivity index (χ2n) is 6.22. The molecule has 0 bridgehead atoms. The van der Waals surface area contributed by atoms with Crippen LogP contribution >= 0.6 is 0 Å². The number of hydrogen-bond donors (Lipinski definition) is 0. The molecule has 120 valence electrons. The predicted octanol–water partition coefficient (Wildman–Crippen LogP) is 3.08. The lowest BCUT2D eigenvalue weighted by Gasteiger charge is -2.26. The Morgan fingerprint density at radius 2 is 2.00 bits per heavy atom. The summed E-state index contributed by atoms with van der Waals surface area (Å²) in [6, 6.07) is 9.93. The van der Waals surface area contributed by atoms with E-state index < -0.39 is 0 Å². The number of benzene rings is 1. The SMILES string of the molecule is CCCCN(C(=O)[C@H]1CC(=O)N(C(C)C)C1)c1ccccc1. The smallest absolute Gasteiger partial charge is 0.232 e. The van der Waals surface area contributed by atoms with Crippen LogP contribution in [0.3, 0.4) is 0 Å². The fourth-order valence-corrected chi connectivity index (χ4v) is 2.91. The summed E-state index contributed by atoms with van der Waals surface area (Å²) in [7, 11) is 0. The zero-order chi connectivity index (χ0) is 16.1. The Balaban J connectivity index is 2.14. The van der Waals surface area contributed by atoms with Gasteiger partial charge in [0.1, 0.15) is 0 Å². The first-order valence-electron chi connectivity index (χ1n) is 8.20. The van der Waals surface area contributed by atoms with E-state index in [9.17, 15) is 9.59 Å². The van der Waals surface area contributed by atoms with Gasteiger partial charge in [0.25, 0.3) is 0 Å². The minimum Gasteiger partial charge on any atom is -0.339 e. The highest BCUT2D eigenvalue weighted by Crippen LogP contribution is 2.25. The third-order valence-corrected chi connectivity index (χ3v) is 4.20. The van der Waals surface area contributed by atoms with Crippen molar-refractivity contribution in [3.8, 4) is 0 Å². The molecule has 1 aromatic rings. The Labute approximate surface area is 133 Å². The third kappa shape index (κ3) is 3.67. The maximum absolute atomic E-state index is 12.9. The number of nitrogens with zero attached hydrogens (tertiary/aromatic N) is 2. The molecule has 2 amide bonds. The summed E-state index contributed by atoms with van der Waals surface area (Å²) in [6.45, 7) is 7.37. The van der Waals surface area contributed by atoms with Crippen molar-refractivity contribution in [3.05, 3.63) is 30.3 Å². The van der Waals surface area contributed by atoms with Crippen molar-refractivity contribution >= 4 is 17.5 Å². The fourth-order valence-electron chi connectivity index (χ4n) is 2.91. The van der Waals surface area contributed by atoms with Crippen LogP contribution in [0.4, 0.5) is 5.69 Å². The average molecular weight is 302 g/mol. The van der Waals surface area contributed by atoms with Crippen LogP contribution in [0.25, 0.3) is 0 Å². The van der Waals surface area contributed by atoms with E-state index in [1.54, 1.807) is 0 Å². The van der Waals surface area contributed by atoms with Crippen LogP contribution in [0, 0.1) is 5.92 Å². The zero-order valence-corrected chi connectivity index (χ0v) is 13.8. The molecule has 1 aliphatic rings. The van der Waals surface area contributed by atoms with Gasteiger partial charge in [-0.3, -0.25) is 9.59 Å². The van der Waals surface area contributed by atoms with E-state index in [0.717, 1.165) is 18.5 Å². The first-order chi connectivity index (χ1) is 10.5. The highest BCUT2D eigenvalue weighted by atomic mass is 16.2. The molecule has 1 saturated heterocycles. The summed E-state index contributed by atoms with van der Waals surface area (Å²) < 4.78 is 0. The van der Waals surface area contributed by atoms with Crippen LogP contribution in [-0.4, -0.2) is 35.8 Å². The number of para-hydroxylation sites is 1. The molecule has 0 saturated carbocycles. The van der Waals surface area contributed by atoms with Crippen molar-refractivity contribution < 1.29 is 9.59 Å². The highest BCUT2D eigenvalue weighted by Gasteiger charge is 2.37. The highest BCUT2D eigenvalue weighted by molar-refractivity contribution is 5.99. The summed E-state index contributed by atoms with van der Waals surface area (Å²) in [5.74, 6) is -0.0417. The van der Waals surface area contributed by atoms with Crippen LogP contribution < -0.4 is 4.90 Å². The Bertz CT molecular complexity index is 513. The number of carbonyl (C=O) groups is 2. The summed E-state index contributed by atoms with van der Waals surface area (Å²) in [6.07, 6.45) is 2.35. The monoisotopic (exact) mass is 302 g/mol. The molecule has 22 heavy (non-hydrogen) atoms. The van der Waals surface area contributed by atoms with Crippen molar-refractivity contribution in [3.63, 3.8) is 0 Å². The maximum Gasteiger partial charge on any atom is 0.232 e. The van der Waals surface area contributed by atoms with E-state index in [0.29, 0.717) is 19.5 Å². The standard InChI is InChI=1S/C18H26N2O2/c1-4-5-11-19(16-9-7-6-8-10-16)18(22)15-12-17(21)20(13-15)14(2)3/h6-10,14-15H,4-5,11-13H2,1-3H3/t15-/m0/s1. The summed E-state index contributed by atoms with van der Waals surface area (Å²) in [5, 5.41) is 0. The number of anilines is 1. The van der Waals surface area contributed by atoms with Crippen LogP contribution in [0.2, 0.25) is 0 Å².